The van der Waals surface area contributed by atoms with Crippen LogP contribution >= 0.6 is 0 Å². The topological polar surface area (TPSA) is 197 Å². The van der Waals surface area contributed by atoms with Gasteiger partial charge in [-0.15, -0.1) is 0 Å². The summed E-state index contributed by atoms with van der Waals surface area (Å²) in [4.78, 5) is 74.7. The van der Waals surface area contributed by atoms with Crippen molar-refractivity contribution >= 4 is 46.3 Å². The summed E-state index contributed by atoms with van der Waals surface area (Å²) < 4.78 is 0. The Morgan fingerprint density at radius 1 is 0.721 bits per heavy atom. The summed E-state index contributed by atoms with van der Waals surface area (Å²) in [5, 5.41) is 21.3. The van der Waals surface area contributed by atoms with E-state index in [1.807, 2.05) is 64.1 Å². The van der Waals surface area contributed by atoms with Crippen molar-refractivity contribution in [1.29, 1.82) is 0 Å². The van der Waals surface area contributed by atoms with Gasteiger partial charge in [-0.05, 0) is 35.1 Å². The van der Waals surface area contributed by atoms with Crippen LogP contribution in [0, 0.1) is 11.8 Å². The lowest BCUT2D eigenvalue weighted by atomic mass is 9.93. The van der Waals surface area contributed by atoms with Crippen molar-refractivity contribution in [2.45, 2.75) is 84.5 Å². The van der Waals surface area contributed by atoms with Gasteiger partial charge in [-0.3, -0.25) is 28.8 Å². The number of nitrogens with one attached hydrogen (secondary N) is 4. The molecule has 3 atom stereocenters. The molecular weight excluding hydrogens is 554 g/mol. The summed E-state index contributed by atoms with van der Waals surface area (Å²) in [6.07, 6.45) is -1.33. The van der Waals surface area contributed by atoms with Crippen LogP contribution in [0.4, 0.5) is 0 Å². The standard InChI is InChI=1S/C31H43N5O7/c1-17(2)28(18(3)4)36-29(41)19(5)33-30(42)24(16-25(32)37)35-31(43)23(34-26(38)12-13-27(39)40)15-20-10-11-21-8-6-7-9-22(21)14-20/h6-11,14,17-19,23-24,28H,12-13,15-16H2,1-5H3,(H2,32,37)(H,33,42)(H,34,38)(H,35,43)(H,36,41)(H,39,40)/t19-,23-,24-/m0/s1. The SMILES string of the molecule is CC(C)C(NC(=O)[C@H](C)NC(=O)[C@H](CC(N)=O)NC(=O)[C@H](Cc1ccc2ccccc2c1)NC(=O)CCC(=O)O)C(C)C. The van der Waals surface area contributed by atoms with Gasteiger partial charge in [0.15, 0.2) is 0 Å². The molecule has 12 nitrogen and oxygen atoms in total. The van der Waals surface area contributed by atoms with E-state index in [0.29, 0.717) is 5.56 Å². The number of aliphatic carboxylic acids is 1. The third kappa shape index (κ3) is 11.4. The van der Waals surface area contributed by atoms with Gasteiger partial charge >= 0.3 is 5.97 Å². The smallest absolute Gasteiger partial charge is 0.303 e. The number of benzene rings is 2. The number of rotatable bonds is 16. The Morgan fingerprint density at radius 3 is 1.91 bits per heavy atom. The fourth-order valence-electron chi connectivity index (χ4n) is 4.75. The normalized spacial score (nSPS) is 13.3. The third-order valence-electron chi connectivity index (χ3n) is 7.01. The summed E-state index contributed by atoms with van der Waals surface area (Å²) in [6, 6.07) is 9.35. The number of nitrogens with two attached hydrogens (primary N) is 1. The minimum Gasteiger partial charge on any atom is -0.481 e. The van der Waals surface area contributed by atoms with Crippen molar-refractivity contribution in [2.75, 3.05) is 0 Å². The molecule has 2 aromatic rings. The predicted molar refractivity (Wildman–Crippen MR) is 161 cm³/mol. The van der Waals surface area contributed by atoms with E-state index in [0.717, 1.165) is 10.8 Å². The molecule has 7 N–H and O–H groups in total. The highest BCUT2D eigenvalue weighted by atomic mass is 16.4. The van der Waals surface area contributed by atoms with Crippen LogP contribution in [0.1, 0.15) is 59.4 Å². The van der Waals surface area contributed by atoms with Crippen LogP contribution < -0.4 is 27.0 Å². The molecule has 0 radical (unpaired) electrons. The zero-order valence-corrected chi connectivity index (χ0v) is 25.3. The molecular formula is C31H43N5O7. The Kier molecular flexibility index (Phi) is 13.1. The number of carboxylic acid groups (broad SMARTS) is 1. The number of carbonyl (C=O) groups excluding carboxylic acids is 5. The van der Waals surface area contributed by atoms with Crippen molar-refractivity contribution in [2.24, 2.45) is 17.6 Å². The zero-order chi connectivity index (χ0) is 32.3. The molecule has 0 saturated carbocycles. The van der Waals surface area contributed by atoms with Crippen LogP contribution in [0.2, 0.25) is 0 Å². The van der Waals surface area contributed by atoms with Gasteiger partial charge in [-0.2, -0.15) is 0 Å². The van der Waals surface area contributed by atoms with Crippen molar-refractivity contribution in [1.82, 2.24) is 21.3 Å². The summed E-state index contributed by atoms with van der Waals surface area (Å²) in [5.74, 6) is -4.42. The van der Waals surface area contributed by atoms with Gasteiger partial charge in [-0.25, -0.2) is 0 Å². The van der Waals surface area contributed by atoms with Crippen LogP contribution in [0.25, 0.3) is 10.8 Å². The van der Waals surface area contributed by atoms with E-state index in [1.165, 1.54) is 6.92 Å². The molecule has 0 bridgehead atoms. The second-order valence-electron chi connectivity index (χ2n) is 11.4. The van der Waals surface area contributed by atoms with Crippen molar-refractivity contribution < 1.29 is 33.9 Å². The zero-order valence-electron chi connectivity index (χ0n) is 25.3. The Balaban J connectivity index is 2.23. The van der Waals surface area contributed by atoms with Crippen LogP contribution in [0.15, 0.2) is 42.5 Å². The fourth-order valence-corrected chi connectivity index (χ4v) is 4.75. The summed E-state index contributed by atoms with van der Waals surface area (Å²) in [5.41, 5.74) is 6.05. The molecule has 0 saturated heterocycles. The lowest BCUT2D eigenvalue weighted by Crippen LogP contribution is -2.58. The molecule has 2 aromatic carbocycles. The summed E-state index contributed by atoms with van der Waals surface area (Å²) in [7, 11) is 0. The first-order valence-electron chi connectivity index (χ1n) is 14.4. The van der Waals surface area contributed by atoms with Crippen molar-refractivity contribution in [3.8, 4) is 0 Å². The molecule has 43 heavy (non-hydrogen) atoms. The van der Waals surface area contributed by atoms with Crippen molar-refractivity contribution in [3.05, 3.63) is 48.0 Å². The van der Waals surface area contributed by atoms with Gasteiger partial charge in [0.1, 0.15) is 18.1 Å². The summed E-state index contributed by atoms with van der Waals surface area (Å²) >= 11 is 0. The van der Waals surface area contributed by atoms with E-state index in [1.54, 1.807) is 6.07 Å². The van der Waals surface area contributed by atoms with E-state index in [2.05, 4.69) is 21.3 Å². The predicted octanol–water partition coefficient (Wildman–Crippen LogP) is 1.39. The lowest BCUT2D eigenvalue weighted by molar-refractivity contribution is -0.139. The molecule has 0 aliphatic carbocycles. The number of fused-ring (bicyclic) bond motifs is 1. The minimum absolute atomic E-state index is 0.0188. The largest absolute Gasteiger partial charge is 0.481 e. The van der Waals surface area contributed by atoms with E-state index in [4.69, 9.17) is 10.8 Å². The van der Waals surface area contributed by atoms with Gasteiger partial charge < -0.3 is 32.1 Å². The first-order valence-corrected chi connectivity index (χ1v) is 14.4. The summed E-state index contributed by atoms with van der Waals surface area (Å²) in [6.45, 7) is 9.38. The molecule has 2 rings (SSSR count). The second kappa shape index (κ2) is 16.2. The van der Waals surface area contributed by atoms with Crippen LogP contribution in [-0.4, -0.2) is 64.8 Å². The third-order valence-corrected chi connectivity index (χ3v) is 7.01. The number of hydrogen-bond acceptors (Lipinski definition) is 6. The molecule has 12 heteroatoms. The fraction of sp³-hybridized carbons (Fsp3) is 0.484. The lowest BCUT2D eigenvalue weighted by Gasteiger charge is -2.28. The van der Waals surface area contributed by atoms with Gasteiger partial charge in [0.05, 0.1) is 12.8 Å². The molecule has 234 valence electrons. The van der Waals surface area contributed by atoms with Gasteiger partial charge in [0, 0.05) is 18.9 Å². The highest BCUT2D eigenvalue weighted by Crippen LogP contribution is 2.17. The monoisotopic (exact) mass is 597 g/mol. The van der Waals surface area contributed by atoms with Gasteiger partial charge in [-0.1, -0.05) is 70.2 Å². The number of primary amides is 1. The first-order chi connectivity index (χ1) is 20.2. The maximum atomic E-state index is 13.4. The second-order valence-corrected chi connectivity index (χ2v) is 11.4. The molecule has 0 heterocycles. The Bertz CT molecular complexity index is 1320. The van der Waals surface area contributed by atoms with E-state index >= 15 is 0 Å². The number of amides is 5. The molecule has 0 aliphatic rings. The van der Waals surface area contributed by atoms with E-state index < -0.39 is 66.5 Å². The number of hydrogen-bond donors (Lipinski definition) is 6. The number of carboxylic acids is 1. The van der Waals surface area contributed by atoms with Gasteiger partial charge in [0.2, 0.25) is 29.5 Å². The Labute approximate surface area is 251 Å². The number of carbonyl (C=O) groups is 6. The molecule has 0 spiro atoms. The van der Waals surface area contributed by atoms with Crippen LogP contribution in [-0.2, 0) is 35.2 Å². The molecule has 5 amide bonds. The molecule has 0 aromatic heterocycles. The Morgan fingerprint density at radius 2 is 1.33 bits per heavy atom. The van der Waals surface area contributed by atoms with E-state index in [-0.39, 0.29) is 30.7 Å². The first kappa shape index (κ1) is 34.7. The van der Waals surface area contributed by atoms with E-state index in [9.17, 15) is 28.8 Å². The Hall–Kier alpha value is -4.48. The highest BCUT2D eigenvalue weighted by molar-refractivity contribution is 5.96. The maximum Gasteiger partial charge on any atom is 0.303 e. The highest BCUT2D eigenvalue weighted by Gasteiger charge is 2.31. The molecule has 0 unspecified atom stereocenters. The van der Waals surface area contributed by atoms with Crippen molar-refractivity contribution in [3.63, 3.8) is 0 Å². The van der Waals surface area contributed by atoms with Crippen LogP contribution in [0.3, 0.4) is 0 Å². The molecule has 0 aliphatic heterocycles. The average molecular weight is 598 g/mol. The molecule has 0 fully saturated rings. The van der Waals surface area contributed by atoms with Crippen LogP contribution in [0.5, 0.6) is 0 Å². The average Bonchev–Trinajstić information content (AvgIpc) is 2.93. The quantitative estimate of drug-likeness (QED) is 0.168. The minimum atomic E-state index is -1.43. The van der Waals surface area contributed by atoms with Gasteiger partial charge in [0.25, 0.3) is 0 Å². The maximum absolute atomic E-state index is 13.4.